The van der Waals surface area contributed by atoms with Gasteiger partial charge in [-0.15, -0.1) is 0 Å². The van der Waals surface area contributed by atoms with Crippen molar-refractivity contribution in [3.63, 3.8) is 0 Å². The molecule has 0 radical (unpaired) electrons. The second-order valence-corrected chi connectivity index (χ2v) is 10.8. The highest BCUT2D eigenvalue weighted by atomic mass is 79.9. The number of halogens is 3. The number of carbonyl (C=O) groups excluding carboxylic acids is 1. The van der Waals surface area contributed by atoms with E-state index in [1.165, 1.54) is 18.2 Å². The number of hydrazone groups is 1. The topological polar surface area (TPSA) is 93.8 Å². The molecule has 0 aliphatic carbocycles. The van der Waals surface area contributed by atoms with Crippen LogP contribution in [0.25, 0.3) is 11.0 Å². The fraction of sp³-hybridized carbons (Fsp3) is 0.250. The predicted molar refractivity (Wildman–Crippen MR) is 147 cm³/mol. The molecule has 4 aromatic rings. The van der Waals surface area contributed by atoms with Crippen molar-refractivity contribution in [1.29, 1.82) is 0 Å². The van der Waals surface area contributed by atoms with E-state index in [0.29, 0.717) is 35.4 Å². The predicted octanol–water partition coefficient (Wildman–Crippen LogP) is 4.21. The molecule has 39 heavy (non-hydrogen) atoms. The largest absolute Gasteiger partial charge is 0.370 e. The molecule has 11 heteroatoms. The molecule has 2 N–H and O–H groups in total. The first-order valence-corrected chi connectivity index (χ1v) is 13.2. The number of ether oxygens (including phenoxy) is 1. The molecule has 1 amide bonds. The number of hydrogen-bond acceptors (Lipinski definition) is 5. The highest BCUT2D eigenvalue weighted by Crippen LogP contribution is 2.37. The fourth-order valence-corrected chi connectivity index (χ4v) is 5.54. The molecule has 0 saturated carbocycles. The Kier molecular flexibility index (Phi) is 6.56. The molecule has 2 aliphatic heterocycles. The lowest BCUT2D eigenvalue weighted by atomic mass is 9.80. The van der Waals surface area contributed by atoms with Gasteiger partial charge >= 0.3 is 5.69 Å². The van der Waals surface area contributed by atoms with E-state index < -0.39 is 16.9 Å². The van der Waals surface area contributed by atoms with Crippen molar-refractivity contribution in [2.45, 2.75) is 6.42 Å². The minimum Gasteiger partial charge on any atom is -0.370 e. The lowest BCUT2D eigenvalue weighted by Crippen LogP contribution is -2.48. The quantitative estimate of drug-likeness (QED) is 0.361. The summed E-state index contributed by atoms with van der Waals surface area (Å²) in [6.07, 6.45) is 0.246. The Morgan fingerprint density at radius 3 is 2.44 bits per heavy atom. The number of amides is 1. The van der Waals surface area contributed by atoms with Gasteiger partial charge in [0, 0.05) is 17.6 Å². The van der Waals surface area contributed by atoms with E-state index in [4.69, 9.17) is 9.84 Å². The van der Waals surface area contributed by atoms with E-state index >= 15 is 0 Å². The average molecular weight is 596 g/mol. The van der Waals surface area contributed by atoms with E-state index in [9.17, 15) is 18.4 Å². The number of aromatic nitrogens is 2. The van der Waals surface area contributed by atoms with Crippen LogP contribution in [0.2, 0.25) is 0 Å². The van der Waals surface area contributed by atoms with Crippen molar-refractivity contribution < 1.29 is 18.3 Å². The summed E-state index contributed by atoms with van der Waals surface area (Å²) in [4.78, 5) is 31.6. The van der Waals surface area contributed by atoms with Gasteiger partial charge in [0.1, 0.15) is 18.2 Å². The summed E-state index contributed by atoms with van der Waals surface area (Å²) in [6.45, 7) is 1.11. The van der Waals surface area contributed by atoms with Crippen LogP contribution in [0.1, 0.15) is 11.1 Å². The van der Waals surface area contributed by atoms with Crippen LogP contribution in [-0.4, -0.2) is 59.3 Å². The Balaban J connectivity index is 1.32. The number of aromatic amines is 2. The average Bonchev–Trinajstić information content (AvgIpc) is 3.41. The highest BCUT2D eigenvalue weighted by Gasteiger charge is 2.47. The van der Waals surface area contributed by atoms with E-state index in [1.54, 1.807) is 23.1 Å². The molecule has 3 aromatic carbocycles. The molecule has 1 spiro atoms. The zero-order valence-corrected chi connectivity index (χ0v) is 22.3. The second-order valence-electron chi connectivity index (χ2n) is 9.90. The lowest BCUT2D eigenvalue weighted by Gasteiger charge is -2.33. The van der Waals surface area contributed by atoms with Crippen LogP contribution in [0.5, 0.6) is 0 Å². The first-order valence-electron chi connectivity index (χ1n) is 12.4. The van der Waals surface area contributed by atoms with Crippen LogP contribution >= 0.6 is 15.9 Å². The van der Waals surface area contributed by atoms with Crippen LogP contribution in [0, 0.1) is 17.0 Å². The van der Waals surface area contributed by atoms with Crippen molar-refractivity contribution in [3.8, 4) is 0 Å². The first kappa shape index (κ1) is 25.4. The van der Waals surface area contributed by atoms with Gasteiger partial charge in [0.25, 0.3) is 0 Å². The summed E-state index contributed by atoms with van der Waals surface area (Å²) in [5.74, 6) is -1.02. The van der Waals surface area contributed by atoms with Gasteiger partial charge < -0.3 is 19.6 Å². The SMILES string of the molecule is O=C1COCC2(CN1CCc1cc3[nH]c(=O)[nH]c3cc1F)CN(c1ccc(Br)cc1)N=C2c1ccc(F)cc1. The van der Waals surface area contributed by atoms with Crippen molar-refractivity contribution >= 4 is 44.3 Å². The summed E-state index contributed by atoms with van der Waals surface area (Å²) in [5, 5.41) is 6.81. The van der Waals surface area contributed by atoms with Crippen LogP contribution < -0.4 is 10.7 Å². The maximum atomic E-state index is 14.8. The molecule has 1 saturated heterocycles. The number of rotatable bonds is 5. The maximum Gasteiger partial charge on any atom is 0.323 e. The number of fused-ring (bicyclic) bond motifs is 1. The van der Waals surface area contributed by atoms with Gasteiger partial charge in [-0.05, 0) is 66.1 Å². The number of nitrogens with one attached hydrogen (secondary N) is 2. The lowest BCUT2D eigenvalue weighted by molar-refractivity contribution is -0.133. The first-order chi connectivity index (χ1) is 18.8. The van der Waals surface area contributed by atoms with Crippen molar-refractivity contribution in [3.05, 3.63) is 98.4 Å². The molecule has 200 valence electrons. The van der Waals surface area contributed by atoms with Crippen molar-refractivity contribution in [2.24, 2.45) is 10.5 Å². The van der Waals surface area contributed by atoms with E-state index in [0.717, 1.165) is 15.7 Å². The molecule has 8 nitrogen and oxygen atoms in total. The summed E-state index contributed by atoms with van der Waals surface area (Å²) < 4.78 is 35.4. The summed E-state index contributed by atoms with van der Waals surface area (Å²) in [5.41, 5.74) is 2.47. The number of anilines is 1. The molecule has 1 atom stereocenters. The number of nitrogens with zero attached hydrogens (tertiary/aromatic N) is 3. The van der Waals surface area contributed by atoms with Crippen LogP contribution in [0.4, 0.5) is 14.5 Å². The van der Waals surface area contributed by atoms with Gasteiger partial charge in [-0.2, -0.15) is 5.10 Å². The minimum absolute atomic E-state index is 0.108. The van der Waals surface area contributed by atoms with Crippen LogP contribution in [0.15, 0.2) is 75.0 Å². The van der Waals surface area contributed by atoms with Crippen LogP contribution in [-0.2, 0) is 16.0 Å². The zero-order chi connectivity index (χ0) is 27.1. The summed E-state index contributed by atoms with van der Waals surface area (Å²) in [7, 11) is 0. The monoisotopic (exact) mass is 595 g/mol. The highest BCUT2D eigenvalue weighted by molar-refractivity contribution is 9.10. The smallest absolute Gasteiger partial charge is 0.323 e. The Labute approximate surface area is 230 Å². The zero-order valence-electron chi connectivity index (χ0n) is 20.7. The van der Waals surface area contributed by atoms with E-state index in [1.807, 2.05) is 29.3 Å². The van der Waals surface area contributed by atoms with Gasteiger partial charge in [-0.3, -0.25) is 9.80 Å². The summed E-state index contributed by atoms with van der Waals surface area (Å²) in [6, 6.07) is 16.8. The van der Waals surface area contributed by atoms with Gasteiger partial charge in [-0.1, -0.05) is 28.1 Å². The Bertz CT molecular complexity index is 1630. The molecule has 0 bridgehead atoms. The third kappa shape index (κ3) is 4.99. The van der Waals surface area contributed by atoms with Gasteiger partial charge in [0.2, 0.25) is 5.91 Å². The molecule has 1 unspecified atom stereocenters. The standard InChI is InChI=1S/C28H24BrF2N5O3/c29-19-3-7-21(8-4-19)36-15-28(26(34-36)17-1-5-20(30)6-2-17)14-35(25(37)13-39-16-28)10-9-18-11-23-24(12-22(18)31)33-27(38)32-23/h1-8,11-12H,9-10,13-16H2,(H2,32,33,38). The van der Waals surface area contributed by atoms with E-state index in [2.05, 4.69) is 25.9 Å². The molecule has 3 heterocycles. The fourth-order valence-electron chi connectivity index (χ4n) is 5.27. The number of carbonyl (C=O) groups is 1. The molecule has 2 aliphatic rings. The number of imidazole rings is 1. The molecular formula is C28H24BrF2N5O3. The number of H-pyrrole nitrogens is 2. The van der Waals surface area contributed by atoms with E-state index in [-0.39, 0.29) is 37.9 Å². The Hall–Kier alpha value is -3.83. The Morgan fingerprint density at radius 1 is 0.974 bits per heavy atom. The van der Waals surface area contributed by atoms with Gasteiger partial charge in [-0.25, -0.2) is 13.6 Å². The molecule has 1 aromatic heterocycles. The normalized spacial score (nSPS) is 19.7. The van der Waals surface area contributed by atoms with Crippen LogP contribution in [0.3, 0.4) is 0 Å². The third-order valence-electron chi connectivity index (χ3n) is 7.20. The molecular weight excluding hydrogens is 572 g/mol. The Morgan fingerprint density at radius 2 is 1.69 bits per heavy atom. The van der Waals surface area contributed by atoms with Gasteiger partial charge in [0.05, 0.1) is 41.0 Å². The van der Waals surface area contributed by atoms with Gasteiger partial charge in [0.15, 0.2) is 0 Å². The maximum absolute atomic E-state index is 14.8. The third-order valence-corrected chi connectivity index (χ3v) is 7.73. The van der Waals surface area contributed by atoms with Crippen molar-refractivity contribution in [2.75, 3.05) is 37.9 Å². The number of benzene rings is 3. The second kappa shape index (κ2) is 10.0. The molecule has 6 rings (SSSR count). The minimum atomic E-state index is -0.703. The summed E-state index contributed by atoms with van der Waals surface area (Å²) >= 11 is 3.46. The van der Waals surface area contributed by atoms with Crippen molar-refractivity contribution in [1.82, 2.24) is 14.9 Å². The number of hydrogen-bond donors (Lipinski definition) is 2. The molecule has 1 fully saturated rings.